The Hall–Kier alpha value is -2.40. The monoisotopic (exact) mass is 328 g/mol. The van der Waals surface area contributed by atoms with Gasteiger partial charge in [0.05, 0.1) is 13.2 Å². The third kappa shape index (κ3) is 2.80. The summed E-state index contributed by atoms with van der Waals surface area (Å²) in [6.45, 7) is 4.10. The van der Waals surface area contributed by atoms with Crippen molar-refractivity contribution in [1.29, 1.82) is 0 Å². The molecular weight excluding hydrogens is 312 g/mol. The molecule has 0 atom stereocenters. The van der Waals surface area contributed by atoms with Crippen molar-refractivity contribution in [3.8, 4) is 0 Å². The minimum Gasteiger partial charge on any atom is -0.462 e. The van der Waals surface area contributed by atoms with E-state index in [1.807, 2.05) is 36.4 Å². The summed E-state index contributed by atoms with van der Waals surface area (Å²) in [5, 5.41) is 3.49. The molecule has 23 heavy (non-hydrogen) atoms. The number of hydrogen-bond acceptors (Lipinski definition) is 5. The summed E-state index contributed by atoms with van der Waals surface area (Å²) < 4.78 is 10.2. The van der Waals surface area contributed by atoms with E-state index in [9.17, 15) is 9.59 Å². The quantitative estimate of drug-likeness (QED) is 0.666. The van der Waals surface area contributed by atoms with E-state index < -0.39 is 11.9 Å². The Balaban J connectivity index is 2.28. The third-order valence-corrected chi connectivity index (χ3v) is 4.68. The van der Waals surface area contributed by atoms with E-state index in [4.69, 9.17) is 9.47 Å². The molecule has 0 aliphatic rings. The number of thiophene rings is 1. The van der Waals surface area contributed by atoms with Crippen LogP contribution < -0.4 is 0 Å². The van der Waals surface area contributed by atoms with E-state index in [0.29, 0.717) is 23.0 Å². The first-order valence-corrected chi connectivity index (χ1v) is 8.26. The molecule has 0 radical (unpaired) electrons. The molecule has 0 spiro atoms. The number of carbonyl (C=O) groups is 2. The molecule has 0 fully saturated rings. The van der Waals surface area contributed by atoms with Gasteiger partial charge in [0.2, 0.25) is 0 Å². The predicted octanol–water partition coefficient (Wildman–Crippen LogP) is 4.41. The lowest BCUT2D eigenvalue weighted by Gasteiger charge is -2.02. The minimum absolute atomic E-state index is 0.292. The van der Waals surface area contributed by atoms with Crippen LogP contribution in [0.25, 0.3) is 21.5 Å². The SMILES string of the molecule is CCOC(=O)c1sc(C(=O)OCC)c2cc3ccccc3cc12. The second-order valence-corrected chi connectivity index (χ2v) is 5.97. The molecule has 0 bridgehead atoms. The van der Waals surface area contributed by atoms with E-state index >= 15 is 0 Å². The third-order valence-electron chi connectivity index (χ3n) is 3.50. The molecule has 0 unspecified atom stereocenters. The molecule has 0 aliphatic heterocycles. The second kappa shape index (κ2) is 6.38. The molecule has 3 aromatic rings. The topological polar surface area (TPSA) is 52.6 Å². The Labute approximate surface area is 137 Å². The molecule has 4 nitrogen and oxygen atoms in total. The zero-order valence-electron chi connectivity index (χ0n) is 12.9. The van der Waals surface area contributed by atoms with Gasteiger partial charge in [-0.15, -0.1) is 11.3 Å². The average Bonchev–Trinajstić information content (AvgIpc) is 2.92. The Morgan fingerprint density at radius 3 is 1.70 bits per heavy atom. The predicted molar refractivity (Wildman–Crippen MR) is 91.2 cm³/mol. The largest absolute Gasteiger partial charge is 0.462 e. The molecule has 1 aromatic heterocycles. The Morgan fingerprint density at radius 2 is 1.30 bits per heavy atom. The van der Waals surface area contributed by atoms with Gasteiger partial charge in [-0.05, 0) is 36.8 Å². The molecule has 118 valence electrons. The smallest absolute Gasteiger partial charge is 0.348 e. The maximum absolute atomic E-state index is 12.2. The maximum Gasteiger partial charge on any atom is 0.348 e. The van der Waals surface area contributed by atoms with Crippen molar-refractivity contribution in [3.63, 3.8) is 0 Å². The van der Waals surface area contributed by atoms with Crippen LogP contribution in [0.1, 0.15) is 33.2 Å². The van der Waals surface area contributed by atoms with Crippen molar-refractivity contribution < 1.29 is 19.1 Å². The van der Waals surface area contributed by atoms with Crippen LogP contribution in [0.4, 0.5) is 0 Å². The maximum atomic E-state index is 12.2. The summed E-state index contributed by atoms with van der Waals surface area (Å²) in [4.78, 5) is 25.3. The molecule has 0 saturated heterocycles. The van der Waals surface area contributed by atoms with E-state index in [1.54, 1.807) is 13.8 Å². The zero-order chi connectivity index (χ0) is 16.4. The second-order valence-electron chi connectivity index (χ2n) is 4.95. The van der Waals surface area contributed by atoms with Crippen molar-refractivity contribution in [2.45, 2.75) is 13.8 Å². The minimum atomic E-state index is -0.409. The molecule has 0 N–H and O–H groups in total. The van der Waals surface area contributed by atoms with Crippen molar-refractivity contribution >= 4 is 44.8 Å². The Morgan fingerprint density at radius 1 is 0.870 bits per heavy atom. The summed E-state index contributed by atoms with van der Waals surface area (Å²) in [6.07, 6.45) is 0. The van der Waals surface area contributed by atoms with Gasteiger partial charge in [-0.1, -0.05) is 24.3 Å². The summed E-state index contributed by atoms with van der Waals surface area (Å²) in [7, 11) is 0. The van der Waals surface area contributed by atoms with E-state index in [0.717, 1.165) is 32.9 Å². The van der Waals surface area contributed by atoms with Crippen LogP contribution in [0.15, 0.2) is 36.4 Å². The molecule has 0 amide bonds. The zero-order valence-corrected chi connectivity index (χ0v) is 13.7. The van der Waals surface area contributed by atoms with E-state index in [1.165, 1.54) is 0 Å². The highest BCUT2D eigenvalue weighted by Crippen LogP contribution is 2.35. The fraction of sp³-hybridized carbons (Fsp3) is 0.222. The van der Waals surface area contributed by atoms with Crippen LogP contribution in [-0.2, 0) is 9.47 Å². The number of ether oxygens (including phenoxy) is 2. The first kappa shape index (κ1) is 15.5. The molecule has 3 rings (SSSR count). The van der Waals surface area contributed by atoms with Gasteiger partial charge in [-0.2, -0.15) is 0 Å². The molecule has 0 aliphatic carbocycles. The fourth-order valence-corrected chi connectivity index (χ4v) is 3.57. The molecule has 0 saturated carbocycles. The van der Waals surface area contributed by atoms with Crippen LogP contribution >= 0.6 is 11.3 Å². The lowest BCUT2D eigenvalue weighted by molar-refractivity contribution is 0.0527. The highest BCUT2D eigenvalue weighted by atomic mass is 32.1. The lowest BCUT2D eigenvalue weighted by Crippen LogP contribution is -2.03. The van der Waals surface area contributed by atoms with Gasteiger partial charge in [0, 0.05) is 10.8 Å². The Kier molecular flexibility index (Phi) is 4.30. The summed E-state index contributed by atoms with van der Waals surface area (Å²) in [6, 6.07) is 11.7. The van der Waals surface area contributed by atoms with Crippen LogP contribution in [0.3, 0.4) is 0 Å². The number of rotatable bonds is 4. The van der Waals surface area contributed by atoms with Crippen LogP contribution in [0.2, 0.25) is 0 Å². The number of benzene rings is 2. The van der Waals surface area contributed by atoms with Gasteiger partial charge < -0.3 is 9.47 Å². The van der Waals surface area contributed by atoms with E-state index in [-0.39, 0.29) is 0 Å². The molecular formula is C18H16O4S. The summed E-state index contributed by atoms with van der Waals surface area (Å²) >= 11 is 1.13. The van der Waals surface area contributed by atoms with Gasteiger partial charge >= 0.3 is 11.9 Å². The fourth-order valence-electron chi connectivity index (χ4n) is 2.52. The summed E-state index contributed by atoms with van der Waals surface area (Å²) in [5.74, 6) is -0.818. The van der Waals surface area contributed by atoms with Crippen LogP contribution in [-0.4, -0.2) is 25.2 Å². The standard InChI is InChI=1S/C18H16O4S/c1-3-21-17(19)15-13-9-11-7-5-6-8-12(11)10-14(13)16(23-15)18(20)22-4-2/h5-10H,3-4H2,1-2H3. The first-order chi connectivity index (χ1) is 11.2. The highest BCUT2D eigenvalue weighted by molar-refractivity contribution is 7.17. The van der Waals surface area contributed by atoms with Crippen molar-refractivity contribution in [3.05, 3.63) is 46.2 Å². The van der Waals surface area contributed by atoms with E-state index in [2.05, 4.69) is 0 Å². The van der Waals surface area contributed by atoms with Gasteiger partial charge in [-0.25, -0.2) is 9.59 Å². The molecule has 5 heteroatoms. The van der Waals surface area contributed by atoms with Crippen molar-refractivity contribution in [2.24, 2.45) is 0 Å². The number of fused-ring (bicyclic) bond motifs is 2. The van der Waals surface area contributed by atoms with Gasteiger partial charge in [-0.3, -0.25) is 0 Å². The molecule has 1 heterocycles. The molecule has 2 aromatic carbocycles. The number of esters is 2. The first-order valence-electron chi connectivity index (χ1n) is 7.45. The average molecular weight is 328 g/mol. The van der Waals surface area contributed by atoms with Crippen molar-refractivity contribution in [1.82, 2.24) is 0 Å². The highest BCUT2D eigenvalue weighted by Gasteiger charge is 2.23. The van der Waals surface area contributed by atoms with Gasteiger partial charge in [0.25, 0.3) is 0 Å². The Bertz CT molecular complexity index is 823. The normalized spacial score (nSPS) is 10.9. The van der Waals surface area contributed by atoms with Crippen LogP contribution in [0, 0.1) is 0 Å². The van der Waals surface area contributed by atoms with Gasteiger partial charge in [0.15, 0.2) is 0 Å². The lowest BCUT2D eigenvalue weighted by atomic mass is 10.0. The van der Waals surface area contributed by atoms with Gasteiger partial charge in [0.1, 0.15) is 9.75 Å². The number of hydrogen-bond donors (Lipinski definition) is 0. The summed E-state index contributed by atoms with van der Waals surface area (Å²) in [5.41, 5.74) is 0. The number of carbonyl (C=O) groups excluding carboxylic acids is 2. The van der Waals surface area contributed by atoms with Crippen molar-refractivity contribution in [2.75, 3.05) is 13.2 Å². The van der Waals surface area contributed by atoms with Crippen LogP contribution in [0.5, 0.6) is 0 Å².